The van der Waals surface area contributed by atoms with Crippen LogP contribution >= 0.6 is 0 Å². The molecule has 8 heteroatoms. The lowest BCUT2D eigenvalue weighted by Crippen LogP contribution is -2.55. The predicted octanol–water partition coefficient (Wildman–Crippen LogP) is 2.05. The number of carbonyl (C=O) groups is 3. The molecule has 2 heterocycles. The van der Waals surface area contributed by atoms with E-state index < -0.39 is 14.1 Å². The number of ether oxygens (including phenoxy) is 1. The topological polar surface area (TPSA) is 92.9 Å². The van der Waals surface area contributed by atoms with E-state index in [2.05, 4.69) is 19.6 Å². The van der Waals surface area contributed by atoms with Crippen LogP contribution in [0.2, 0.25) is 25.7 Å². The second kappa shape index (κ2) is 7.44. The second-order valence-electron chi connectivity index (χ2n) is 8.41. The molecule has 3 rings (SSSR count). The average Bonchev–Trinajstić information content (AvgIpc) is 2.89. The van der Waals surface area contributed by atoms with Crippen molar-refractivity contribution in [3.8, 4) is 0 Å². The van der Waals surface area contributed by atoms with E-state index in [1.165, 1.54) is 0 Å². The van der Waals surface area contributed by atoms with Crippen LogP contribution < -0.4 is 5.73 Å². The fraction of sp³-hybridized carbons (Fsp3) is 0.526. The summed E-state index contributed by atoms with van der Waals surface area (Å²) < 4.78 is 5.60. The standard InChI is InChI=1S/C19H27N3O4Si/c1-27(2,3)9-8-26-12-22-17(23)7-6-16(19(22)25)21-11-13-10-14(20)4-5-15(13)18(21)24/h4-5,10,16H,6-9,11-12,20H2,1-3H3. The molecular formula is C19H27N3O4Si. The zero-order chi connectivity index (χ0) is 19.8. The van der Waals surface area contributed by atoms with E-state index in [1.54, 1.807) is 23.1 Å². The van der Waals surface area contributed by atoms with Gasteiger partial charge in [-0.1, -0.05) is 19.6 Å². The minimum Gasteiger partial charge on any atom is -0.399 e. The number of likely N-dealkylation sites (tertiary alicyclic amines) is 1. The first kappa shape index (κ1) is 19.6. The Bertz CT molecular complexity index is 775. The van der Waals surface area contributed by atoms with Crippen molar-refractivity contribution in [2.24, 2.45) is 0 Å². The van der Waals surface area contributed by atoms with E-state index in [0.717, 1.165) is 16.5 Å². The minimum atomic E-state index is -1.24. The molecule has 27 heavy (non-hydrogen) atoms. The summed E-state index contributed by atoms with van der Waals surface area (Å²) in [5, 5.41) is 0. The van der Waals surface area contributed by atoms with Gasteiger partial charge in [0.1, 0.15) is 12.8 Å². The third-order valence-corrected chi connectivity index (χ3v) is 6.74. The molecule has 7 nitrogen and oxygen atoms in total. The van der Waals surface area contributed by atoms with Gasteiger partial charge in [0.05, 0.1) is 0 Å². The Morgan fingerprint density at radius 2 is 1.96 bits per heavy atom. The molecule has 0 bridgehead atoms. The van der Waals surface area contributed by atoms with E-state index in [9.17, 15) is 14.4 Å². The van der Waals surface area contributed by atoms with Crippen LogP contribution in [0.4, 0.5) is 5.69 Å². The molecule has 0 spiro atoms. The van der Waals surface area contributed by atoms with E-state index in [-0.39, 0.29) is 30.9 Å². The largest absolute Gasteiger partial charge is 0.399 e. The van der Waals surface area contributed by atoms with Crippen molar-refractivity contribution >= 4 is 31.5 Å². The van der Waals surface area contributed by atoms with Crippen LogP contribution in [0.15, 0.2) is 18.2 Å². The van der Waals surface area contributed by atoms with Gasteiger partial charge in [-0.15, -0.1) is 0 Å². The zero-order valence-corrected chi connectivity index (χ0v) is 17.2. The van der Waals surface area contributed by atoms with Gasteiger partial charge in [0.15, 0.2) is 0 Å². The molecular weight excluding hydrogens is 362 g/mol. The molecule has 0 saturated carbocycles. The van der Waals surface area contributed by atoms with E-state index in [0.29, 0.717) is 30.8 Å². The predicted molar refractivity (Wildman–Crippen MR) is 105 cm³/mol. The summed E-state index contributed by atoms with van der Waals surface area (Å²) in [6.07, 6.45) is 0.578. The molecule has 0 aromatic heterocycles. The molecule has 1 aromatic rings. The van der Waals surface area contributed by atoms with E-state index >= 15 is 0 Å². The summed E-state index contributed by atoms with van der Waals surface area (Å²) in [5.41, 5.74) is 7.79. The third-order valence-electron chi connectivity index (χ3n) is 5.04. The summed E-state index contributed by atoms with van der Waals surface area (Å²) in [5.74, 6) is -0.775. The quantitative estimate of drug-likeness (QED) is 0.348. The number of rotatable bonds is 6. The molecule has 146 valence electrons. The molecule has 2 N–H and O–H groups in total. The van der Waals surface area contributed by atoms with Crippen LogP contribution in [0.5, 0.6) is 0 Å². The van der Waals surface area contributed by atoms with Crippen molar-refractivity contribution in [3.63, 3.8) is 0 Å². The second-order valence-corrected chi connectivity index (χ2v) is 14.0. The van der Waals surface area contributed by atoms with Crippen LogP contribution in [0.3, 0.4) is 0 Å². The van der Waals surface area contributed by atoms with Gasteiger partial charge in [0, 0.05) is 38.9 Å². The molecule has 0 aliphatic carbocycles. The van der Waals surface area contributed by atoms with Crippen molar-refractivity contribution in [2.45, 2.75) is 51.1 Å². The first-order valence-electron chi connectivity index (χ1n) is 9.29. The Kier molecular flexibility index (Phi) is 5.39. The monoisotopic (exact) mass is 389 g/mol. The lowest BCUT2D eigenvalue weighted by Gasteiger charge is -2.35. The number of imide groups is 1. The normalized spacial score (nSPS) is 20.4. The molecule has 1 aromatic carbocycles. The van der Waals surface area contributed by atoms with Crippen molar-refractivity contribution in [2.75, 3.05) is 19.1 Å². The van der Waals surface area contributed by atoms with Crippen LogP contribution in [0.1, 0.15) is 28.8 Å². The maximum absolute atomic E-state index is 12.9. The van der Waals surface area contributed by atoms with Gasteiger partial charge in [-0.3, -0.25) is 19.3 Å². The van der Waals surface area contributed by atoms with E-state index in [1.807, 2.05) is 0 Å². The fourth-order valence-electron chi connectivity index (χ4n) is 3.40. The number of amides is 3. The number of hydrogen-bond acceptors (Lipinski definition) is 5. The number of piperidine rings is 1. The molecule has 2 aliphatic rings. The molecule has 1 atom stereocenters. The summed E-state index contributed by atoms with van der Waals surface area (Å²) in [6.45, 7) is 7.56. The first-order chi connectivity index (χ1) is 12.7. The highest BCUT2D eigenvalue weighted by Crippen LogP contribution is 2.30. The summed E-state index contributed by atoms with van der Waals surface area (Å²) in [7, 11) is -1.24. The van der Waals surface area contributed by atoms with Gasteiger partial charge in [0.25, 0.3) is 11.8 Å². The van der Waals surface area contributed by atoms with Gasteiger partial charge in [-0.25, -0.2) is 0 Å². The van der Waals surface area contributed by atoms with Crippen LogP contribution in [0.25, 0.3) is 0 Å². The number of nitrogen functional groups attached to an aromatic ring is 1. The lowest BCUT2D eigenvalue weighted by atomic mass is 10.0. The van der Waals surface area contributed by atoms with E-state index in [4.69, 9.17) is 10.5 Å². The van der Waals surface area contributed by atoms with Gasteiger partial charge in [0.2, 0.25) is 5.91 Å². The Labute approximate surface area is 160 Å². The number of fused-ring (bicyclic) bond motifs is 1. The van der Waals surface area contributed by atoms with Gasteiger partial charge in [-0.05, 0) is 36.2 Å². The molecule has 1 saturated heterocycles. The maximum Gasteiger partial charge on any atom is 0.255 e. The number of anilines is 1. The fourth-order valence-corrected chi connectivity index (χ4v) is 4.15. The van der Waals surface area contributed by atoms with Crippen LogP contribution in [-0.4, -0.2) is 55.0 Å². The highest BCUT2D eigenvalue weighted by molar-refractivity contribution is 6.76. The molecule has 1 unspecified atom stereocenters. The molecule has 3 amide bonds. The van der Waals surface area contributed by atoms with Crippen molar-refractivity contribution in [3.05, 3.63) is 29.3 Å². The Balaban J connectivity index is 1.66. The minimum absolute atomic E-state index is 0.0411. The third kappa shape index (κ3) is 4.22. The lowest BCUT2D eigenvalue weighted by molar-refractivity contribution is -0.158. The molecule has 0 radical (unpaired) electrons. The van der Waals surface area contributed by atoms with Crippen molar-refractivity contribution < 1.29 is 19.1 Å². The summed E-state index contributed by atoms with van der Waals surface area (Å²) in [6, 6.07) is 5.48. The van der Waals surface area contributed by atoms with Gasteiger partial charge >= 0.3 is 0 Å². The number of hydrogen-bond donors (Lipinski definition) is 1. The SMILES string of the molecule is C[Si](C)(C)CCOCN1C(=O)CCC(N2Cc3cc(N)ccc3C2=O)C1=O. The number of benzene rings is 1. The van der Waals surface area contributed by atoms with Crippen LogP contribution in [-0.2, 0) is 20.9 Å². The number of nitrogens with zero attached hydrogens (tertiary/aromatic N) is 2. The molecule has 2 aliphatic heterocycles. The Morgan fingerprint density at radius 1 is 1.22 bits per heavy atom. The van der Waals surface area contributed by atoms with Crippen LogP contribution in [0, 0.1) is 0 Å². The Hall–Kier alpha value is -2.19. The molecule has 1 fully saturated rings. The summed E-state index contributed by atoms with van der Waals surface area (Å²) in [4.78, 5) is 40.5. The highest BCUT2D eigenvalue weighted by Gasteiger charge is 2.42. The van der Waals surface area contributed by atoms with Gasteiger partial charge in [-0.2, -0.15) is 0 Å². The first-order valence-corrected chi connectivity index (χ1v) is 13.0. The summed E-state index contributed by atoms with van der Waals surface area (Å²) >= 11 is 0. The average molecular weight is 390 g/mol. The number of carbonyl (C=O) groups excluding carboxylic acids is 3. The zero-order valence-electron chi connectivity index (χ0n) is 16.2. The number of nitrogens with two attached hydrogens (primary N) is 1. The van der Waals surface area contributed by atoms with Crippen molar-refractivity contribution in [1.29, 1.82) is 0 Å². The van der Waals surface area contributed by atoms with Crippen molar-refractivity contribution in [1.82, 2.24) is 9.80 Å². The van der Waals surface area contributed by atoms with Gasteiger partial charge < -0.3 is 15.4 Å². The smallest absolute Gasteiger partial charge is 0.255 e. The maximum atomic E-state index is 12.9. The highest BCUT2D eigenvalue weighted by atomic mass is 28.3. The Morgan fingerprint density at radius 3 is 2.67 bits per heavy atom.